The average Bonchev–Trinajstić information content (AvgIpc) is 2.76. The molecule has 1 aliphatic heterocycles. The first-order valence-electron chi connectivity index (χ1n) is 9.49. The Balaban J connectivity index is 1.70. The number of nitrogens with zero attached hydrogens (tertiary/aromatic N) is 4. The molecule has 4 rings (SSSR count). The first-order chi connectivity index (χ1) is 14.4. The van der Waals surface area contributed by atoms with E-state index in [1.807, 2.05) is 30.3 Å². The van der Waals surface area contributed by atoms with Crippen LogP contribution in [0.3, 0.4) is 0 Å². The first-order valence-corrected chi connectivity index (χ1v) is 9.87. The lowest BCUT2D eigenvalue weighted by atomic mass is 9.95. The fourth-order valence-corrected chi connectivity index (χ4v) is 3.95. The van der Waals surface area contributed by atoms with Crippen LogP contribution in [-0.4, -0.2) is 21.3 Å². The molecule has 3 aromatic rings. The van der Waals surface area contributed by atoms with Crippen LogP contribution in [0.4, 0.5) is 18.9 Å². The van der Waals surface area contributed by atoms with E-state index in [1.165, 1.54) is 6.20 Å². The number of hydrogen-bond acceptors (Lipinski definition) is 4. The van der Waals surface area contributed by atoms with Gasteiger partial charge in [0.15, 0.2) is 5.82 Å². The summed E-state index contributed by atoms with van der Waals surface area (Å²) >= 11 is 6.42. The number of rotatable bonds is 3. The van der Waals surface area contributed by atoms with E-state index in [0.717, 1.165) is 48.2 Å². The third-order valence-electron chi connectivity index (χ3n) is 5.19. The van der Waals surface area contributed by atoms with Gasteiger partial charge in [-0.05, 0) is 37.0 Å². The van der Waals surface area contributed by atoms with E-state index in [0.29, 0.717) is 11.9 Å². The van der Waals surface area contributed by atoms with Gasteiger partial charge in [-0.15, -0.1) is 0 Å². The normalized spacial score (nSPS) is 17.2. The van der Waals surface area contributed by atoms with E-state index >= 15 is 0 Å². The molecule has 0 N–H and O–H groups in total. The molecule has 3 heterocycles. The largest absolute Gasteiger partial charge is 0.417 e. The second-order valence-corrected chi connectivity index (χ2v) is 7.46. The minimum Gasteiger partial charge on any atom is -0.362 e. The van der Waals surface area contributed by atoms with Crippen molar-refractivity contribution >= 4 is 17.3 Å². The molecule has 9 heteroatoms. The number of alkyl halides is 3. The Bertz CT molecular complexity index is 1080. The van der Waals surface area contributed by atoms with Crippen molar-refractivity contribution in [2.24, 2.45) is 0 Å². The summed E-state index contributed by atoms with van der Waals surface area (Å²) in [5, 5.41) is 4.11. The van der Waals surface area contributed by atoms with Gasteiger partial charge in [-0.1, -0.05) is 41.9 Å². The molecule has 2 aromatic heterocycles. The van der Waals surface area contributed by atoms with Gasteiger partial charge in [0.25, 0.3) is 5.56 Å². The molecular formula is C21H18ClF3N4O. The fourth-order valence-electron chi connectivity index (χ4n) is 3.71. The summed E-state index contributed by atoms with van der Waals surface area (Å²) in [4.78, 5) is 18.6. The highest BCUT2D eigenvalue weighted by Gasteiger charge is 2.31. The molecule has 156 valence electrons. The van der Waals surface area contributed by atoms with Crippen molar-refractivity contribution in [2.75, 3.05) is 11.4 Å². The zero-order valence-corrected chi connectivity index (χ0v) is 16.6. The predicted molar refractivity (Wildman–Crippen MR) is 108 cm³/mol. The number of benzene rings is 1. The molecule has 0 spiro atoms. The molecule has 1 aromatic carbocycles. The van der Waals surface area contributed by atoms with Crippen LogP contribution in [0.25, 0.3) is 5.82 Å². The number of hydrogen-bond donors (Lipinski definition) is 0. The van der Waals surface area contributed by atoms with Crippen LogP contribution < -0.4 is 10.5 Å². The summed E-state index contributed by atoms with van der Waals surface area (Å²) in [5.74, 6) is -0.0281. The van der Waals surface area contributed by atoms with Crippen molar-refractivity contribution in [1.29, 1.82) is 0 Å². The Hall–Kier alpha value is -2.87. The van der Waals surface area contributed by atoms with E-state index in [9.17, 15) is 18.0 Å². The van der Waals surface area contributed by atoms with Crippen LogP contribution in [-0.2, 0) is 6.18 Å². The molecule has 0 saturated carbocycles. The van der Waals surface area contributed by atoms with Crippen molar-refractivity contribution < 1.29 is 13.2 Å². The molecule has 0 radical (unpaired) electrons. The number of piperidine rings is 1. The van der Waals surface area contributed by atoms with Gasteiger partial charge in [-0.3, -0.25) is 4.79 Å². The Kier molecular flexibility index (Phi) is 5.51. The van der Waals surface area contributed by atoms with Crippen LogP contribution in [0.2, 0.25) is 5.02 Å². The third-order valence-corrected chi connectivity index (χ3v) is 5.54. The van der Waals surface area contributed by atoms with Gasteiger partial charge in [-0.25, -0.2) is 4.98 Å². The van der Waals surface area contributed by atoms with Gasteiger partial charge in [0, 0.05) is 12.7 Å². The summed E-state index contributed by atoms with van der Waals surface area (Å²) in [5.41, 5.74) is 0.111. The molecular weight excluding hydrogens is 417 g/mol. The third kappa shape index (κ3) is 3.92. The second kappa shape index (κ2) is 8.10. The highest BCUT2D eigenvalue weighted by atomic mass is 35.5. The van der Waals surface area contributed by atoms with Gasteiger partial charge in [-0.2, -0.15) is 23.0 Å². The second-order valence-electron chi connectivity index (χ2n) is 7.08. The number of halogens is 4. The fraction of sp³-hybridized carbons (Fsp3) is 0.286. The van der Waals surface area contributed by atoms with Crippen LogP contribution in [0.15, 0.2) is 59.7 Å². The van der Waals surface area contributed by atoms with Crippen molar-refractivity contribution in [1.82, 2.24) is 14.8 Å². The molecule has 0 amide bonds. The van der Waals surface area contributed by atoms with Crippen LogP contribution in [0.5, 0.6) is 0 Å². The summed E-state index contributed by atoms with van der Waals surface area (Å²) in [6, 6.07) is 12.0. The smallest absolute Gasteiger partial charge is 0.362 e. The van der Waals surface area contributed by atoms with Crippen LogP contribution in [0, 0.1) is 0 Å². The molecule has 1 fully saturated rings. The molecule has 0 unspecified atom stereocenters. The Labute approximate surface area is 175 Å². The summed E-state index contributed by atoms with van der Waals surface area (Å²) < 4.78 is 39.2. The Morgan fingerprint density at radius 3 is 2.47 bits per heavy atom. The maximum absolute atomic E-state index is 12.8. The van der Waals surface area contributed by atoms with Crippen LogP contribution in [0.1, 0.15) is 36.4 Å². The maximum Gasteiger partial charge on any atom is 0.417 e. The molecule has 0 aliphatic carbocycles. The van der Waals surface area contributed by atoms with Crippen molar-refractivity contribution in [3.8, 4) is 5.82 Å². The molecule has 1 atom stereocenters. The van der Waals surface area contributed by atoms with Crippen molar-refractivity contribution in [3.05, 3.63) is 81.4 Å². The average molecular weight is 435 g/mol. The number of pyridine rings is 1. The lowest BCUT2D eigenvalue weighted by Crippen LogP contribution is -2.35. The van der Waals surface area contributed by atoms with E-state index in [4.69, 9.17) is 11.6 Å². The Morgan fingerprint density at radius 2 is 1.80 bits per heavy atom. The first kappa shape index (κ1) is 20.4. The number of anilines is 1. The van der Waals surface area contributed by atoms with E-state index in [-0.39, 0.29) is 16.9 Å². The quantitative estimate of drug-likeness (QED) is 0.580. The van der Waals surface area contributed by atoms with Gasteiger partial charge in [0.05, 0.1) is 23.5 Å². The SMILES string of the molecule is O=c1c(Cl)c(N2CCCC[C@@H]2c2ccccc2)cnn1-c1ccc(C(F)(F)F)cn1. The van der Waals surface area contributed by atoms with E-state index < -0.39 is 17.3 Å². The van der Waals surface area contributed by atoms with Crippen molar-refractivity contribution in [3.63, 3.8) is 0 Å². The Morgan fingerprint density at radius 1 is 1.03 bits per heavy atom. The van der Waals surface area contributed by atoms with Gasteiger partial charge >= 0.3 is 6.18 Å². The van der Waals surface area contributed by atoms with Gasteiger partial charge in [0.2, 0.25) is 0 Å². The highest BCUT2D eigenvalue weighted by Crippen LogP contribution is 2.37. The lowest BCUT2D eigenvalue weighted by Gasteiger charge is -2.38. The zero-order chi connectivity index (χ0) is 21.3. The highest BCUT2D eigenvalue weighted by molar-refractivity contribution is 6.33. The molecule has 0 bridgehead atoms. The van der Waals surface area contributed by atoms with E-state index in [1.54, 1.807) is 0 Å². The van der Waals surface area contributed by atoms with Crippen molar-refractivity contribution in [2.45, 2.75) is 31.5 Å². The van der Waals surface area contributed by atoms with Gasteiger partial charge < -0.3 is 4.90 Å². The summed E-state index contributed by atoms with van der Waals surface area (Å²) in [6.45, 7) is 0.725. The zero-order valence-electron chi connectivity index (χ0n) is 15.8. The standard InChI is InChI=1S/C21H18ClF3N4O/c22-19-17(28-11-5-4-8-16(28)14-6-2-1-3-7-14)13-27-29(20(19)30)18-10-9-15(12-26-18)21(23,24)25/h1-3,6-7,9-10,12-13,16H,4-5,8,11H2/t16-/m1/s1. The minimum absolute atomic E-state index is 0.0281. The molecule has 5 nitrogen and oxygen atoms in total. The predicted octanol–water partition coefficient (Wildman–Crippen LogP) is 5.03. The molecule has 30 heavy (non-hydrogen) atoms. The molecule has 1 saturated heterocycles. The lowest BCUT2D eigenvalue weighted by molar-refractivity contribution is -0.137. The van der Waals surface area contributed by atoms with Crippen LogP contribution >= 0.6 is 11.6 Å². The molecule has 1 aliphatic rings. The van der Waals surface area contributed by atoms with E-state index in [2.05, 4.69) is 15.0 Å². The minimum atomic E-state index is -4.51. The summed E-state index contributed by atoms with van der Waals surface area (Å²) in [7, 11) is 0. The van der Waals surface area contributed by atoms with Gasteiger partial charge in [0.1, 0.15) is 5.02 Å². The topological polar surface area (TPSA) is 51.0 Å². The summed E-state index contributed by atoms with van der Waals surface area (Å²) in [6.07, 6.45) is 0.582. The monoisotopic (exact) mass is 434 g/mol. The number of aromatic nitrogens is 3. The maximum atomic E-state index is 12.8.